The average Bonchev–Trinajstić information content (AvgIpc) is 2.38. The number of sulfonamides is 1. The number of carboxylic acid groups (broad SMARTS) is 1. The minimum absolute atomic E-state index is 0.177. The lowest BCUT2D eigenvalue weighted by Gasteiger charge is -2.36. The zero-order valence-corrected chi connectivity index (χ0v) is 13.5. The van der Waals surface area contributed by atoms with Gasteiger partial charge in [-0.1, -0.05) is 17.7 Å². The monoisotopic (exact) mass is 329 g/mol. The normalized spacial score (nSPS) is 18.3. The fraction of sp³-hybridized carbons (Fsp3) is 0.500. The van der Waals surface area contributed by atoms with Crippen LogP contribution in [-0.2, 0) is 14.8 Å². The second kappa shape index (κ2) is 6.37. The van der Waals surface area contributed by atoms with Gasteiger partial charge in [0, 0.05) is 5.54 Å². The summed E-state index contributed by atoms with van der Waals surface area (Å²) in [5.74, 6) is 0.557. The van der Waals surface area contributed by atoms with Crippen LogP contribution in [0.15, 0.2) is 29.2 Å². The minimum atomic E-state index is -3.70. The van der Waals surface area contributed by atoms with E-state index in [2.05, 4.69) is 4.72 Å². The van der Waals surface area contributed by atoms with Crippen molar-refractivity contribution in [3.8, 4) is 0 Å². The van der Waals surface area contributed by atoms with Crippen LogP contribution in [-0.4, -0.2) is 36.5 Å². The van der Waals surface area contributed by atoms with Gasteiger partial charge < -0.3 is 5.11 Å². The Morgan fingerprint density at radius 3 is 2.38 bits per heavy atom. The summed E-state index contributed by atoms with van der Waals surface area (Å²) >= 11 is 1.72. The first kappa shape index (κ1) is 16.3. The molecule has 0 spiro atoms. The molecular weight excluding hydrogens is 310 g/mol. The van der Waals surface area contributed by atoms with E-state index in [1.165, 1.54) is 0 Å². The highest BCUT2D eigenvalue weighted by Gasteiger charge is 2.38. The van der Waals surface area contributed by atoms with Crippen LogP contribution in [0.2, 0.25) is 0 Å². The lowest BCUT2D eigenvalue weighted by Crippen LogP contribution is -2.51. The first-order chi connectivity index (χ1) is 9.83. The molecule has 1 fully saturated rings. The van der Waals surface area contributed by atoms with Gasteiger partial charge in [0.1, 0.15) is 0 Å². The number of hydrogen-bond acceptors (Lipinski definition) is 4. The fourth-order valence-electron chi connectivity index (χ4n) is 2.43. The van der Waals surface area contributed by atoms with Crippen LogP contribution in [0.3, 0.4) is 0 Å². The second-order valence-electron chi connectivity index (χ2n) is 5.38. The number of rotatable bonds is 5. The molecule has 1 heterocycles. The van der Waals surface area contributed by atoms with E-state index in [-0.39, 0.29) is 11.3 Å². The van der Waals surface area contributed by atoms with Crippen LogP contribution < -0.4 is 4.72 Å². The molecular formula is C14H19NO4S2. The van der Waals surface area contributed by atoms with Crippen LogP contribution >= 0.6 is 11.8 Å². The third-order valence-electron chi connectivity index (χ3n) is 3.62. The van der Waals surface area contributed by atoms with Gasteiger partial charge in [-0.2, -0.15) is 11.8 Å². The Morgan fingerprint density at radius 2 is 1.86 bits per heavy atom. The van der Waals surface area contributed by atoms with Crippen LogP contribution in [0.4, 0.5) is 0 Å². The molecule has 1 aromatic rings. The molecule has 1 aromatic carbocycles. The molecule has 0 bridgehead atoms. The summed E-state index contributed by atoms with van der Waals surface area (Å²) in [7, 11) is -3.70. The molecule has 0 aliphatic carbocycles. The van der Waals surface area contributed by atoms with Crippen molar-refractivity contribution in [2.75, 3.05) is 11.5 Å². The van der Waals surface area contributed by atoms with Crippen LogP contribution in [0.25, 0.3) is 0 Å². The van der Waals surface area contributed by atoms with E-state index in [1.54, 1.807) is 36.0 Å². The van der Waals surface area contributed by atoms with E-state index in [0.717, 1.165) is 17.1 Å². The molecule has 21 heavy (non-hydrogen) atoms. The molecule has 2 rings (SSSR count). The van der Waals surface area contributed by atoms with E-state index in [1.807, 2.05) is 6.92 Å². The molecule has 0 amide bonds. The van der Waals surface area contributed by atoms with E-state index in [0.29, 0.717) is 12.8 Å². The van der Waals surface area contributed by atoms with Crippen molar-refractivity contribution in [3.63, 3.8) is 0 Å². The topological polar surface area (TPSA) is 83.5 Å². The van der Waals surface area contributed by atoms with Crippen molar-refractivity contribution in [3.05, 3.63) is 29.8 Å². The highest BCUT2D eigenvalue weighted by Crippen LogP contribution is 2.31. The van der Waals surface area contributed by atoms with E-state index < -0.39 is 21.5 Å². The number of carbonyl (C=O) groups is 1. The number of aryl methyl sites for hydroxylation is 1. The Labute approximate surface area is 129 Å². The lowest BCUT2D eigenvalue weighted by atomic mass is 9.90. The highest BCUT2D eigenvalue weighted by atomic mass is 32.2. The maximum Gasteiger partial charge on any atom is 0.305 e. The van der Waals surface area contributed by atoms with Gasteiger partial charge in [0.25, 0.3) is 0 Å². The lowest BCUT2D eigenvalue weighted by molar-refractivity contribution is -0.138. The zero-order chi connectivity index (χ0) is 15.5. The quantitative estimate of drug-likeness (QED) is 0.863. The maximum absolute atomic E-state index is 12.5. The summed E-state index contributed by atoms with van der Waals surface area (Å²) in [5.41, 5.74) is 0.101. The summed E-state index contributed by atoms with van der Waals surface area (Å²) in [4.78, 5) is 11.3. The first-order valence-electron chi connectivity index (χ1n) is 6.73. The van der Waals surface area contributed by atoms with Gasteiger partial charge >= 0.3 is 5.97 Å². The third-order valence-corrected chi connectivity index (χ3v) is 6.20. The molecule has 5 nitrogen and oxygen atoms in total. The Kier molecular flexibility index (Phi) is 4.95. The zero-order valence-electron chi connectivity index (χ0n) is 11.8. The molecule has 0 unspecified atom stereocenters. The van der Waals surface area contributed by atoms with Crippen molar-refractivity contribution in [1.29, 1.82) is 0 Å². The van der Waals surface area contributed by atoms with E-state index in [4.69, 9.17) is 5.11 Å². The van der Waals surface area contributed by atoms with Gasteiger partial charge in [0.2, 0.25) is 10.0 Å². The molecule has 2 N–H and O–H groups in total. The van der Waals surface area contributed by atoms with Gasteiger partial charge in [0.05, 0.1) is 11.3 Å². The van der Waals surface area contributed by atoms with Crippen LogP contribution in [0.5, 0.6) is 0 Å². The van der Waals surface area contributed by atoms with Gasteiger partial charge in [-0.05, 0) is 43.4 Å². The van der Waals surface area contributed by atoms with Crippen molar-refractivity contribution in [2.45, 2.75) is 36.6 Å². The van der Waals surface area contributed by atoms with Gasteiger partial charge in [0.15, 0.2) is 0 Å². The van der Waals surface area contributed by atoms with E-state index >= 15 is 0 Å². The number of aliphatic carboxylic acids is 1. The van der Waals surface area contributed by atoms with Gasteiger partial charge in [-0.15, -0.1) is 0 Å². The second-order valence-corrected chi connectivity index (χ2v) is 8.29. The standard InChI is InChI=1S/C14H19NO4S2/c1-11-2-4-12(5-3-11)21(18,19)15-14(10-13(16)17)6-8-20-9-7-14/h2-5,15H,6-10H2,1H3,(H,16,17). The third kappa shape index (κ3) is 4.21. The smallest absolute Gasteiger partial charge is 0.305 e. The largest absolute Gasteiger partial charge is 0.481 e. The van der Waals surface area contributed by atoms with Crippen molar-refractivity contribution in [2.24, 2.45) is 0 Å². The van der Waals surface area contributed by atoms with Crippen LogP contribution in [0.1, 0.15) is 24.8 Å². The Bertz CT molecular complexity index is 604. The molecule has 1 saturated heterocycles. The number of hydrogen-bond donors (Lipinski definition) is 2. The Balaban J connectivity index is 2.26. The highest BCUT2D eigenvalue weighted by molar-refractivity contribution is 7.99. The molecule has 1 aliphatic rings. The molecule has 0 atom stereocenters. The summed E-state index contributed by atoms with van der Waals surface area (Å²) < 4.78 is 27.6. The average molecular weight is 329 g/mol. The summed E-state index contributed by atoms with van der Waals surface area (Å²) in [6.07, 6.45) is 0.892. The molecule has 116 valence electrons. The molecule has 0 aromatic heterocycles. The summed E-state index contributed by atoms with van der Waals surface area (Å²) in [5, 5.41) is 9.09. The predicted octanol–water partition coefficient (Wildman–Crippen LogP) is 2.01. The first-order valence-corrected chi connectivity index (χ1v) is 9.37. The molecule has 0 saturated carbocycles. The SMILES string of the molecule is Cc1ccc(S(=O)(=O)NC2(CC(=O)O)CCSCC2)cc1. The fourth-order valence-corrected chi connectivity index (χ4v) is 5.16. The molecule has 0 radical (unpaired) electrons. The maximum atomic E-state index is 12.5. The van der Waals surface area contributed by atoms with E-state index in [9.17, 15) is 13.2 Å². The van der Waals surface area contributed by atoms with Gasteiger partial charge in [-0.3, -0.25) is 4.79 Å². The molecule has 1 aliphatic heterocycles. The number of benzene rings is 1. The molecule has 7 heteroatoms. The van der Waals surface area contributed by atoms with Crippen molar-refractivity contribution < 1.29 is 18.3 Å². The van der Waals surface area contributed by atoms with Crippen molar-refractivity contribution in [1.82, 2.24) is 4.72 Å². The Hall–Kier alpha value is -1.05. The predicted molar refractivity (Wildman–Crippen MR) is 83.0 cm³/mol. The van der Waals surface area contributed by atoms with Crippen molar-refractivity contribution >= 4 is 27.8 Å². The number of nitrogens with one attached hydrogen (secondary N) is 1. The Morgan fingerprint density at radius 1 is 1.29 bits per heavy atom. The summed E-state index contributed by atoms with van der Waals surface area (Å²) in [6, 6.07) is 6.55. The van der Waals surface area contributed by atoms with Gasteiger partial charge in [-0.25, -0.2) is 13.1 Å². The number of thioether (sulfide) groups is 1. The minimum Gasteiger partial charge on any atom is -0.481 e. The number of carboxylic acids is 1. The summed E-state index contributed by atoms with van der Waals surface area (Å²) in [6.45, 7) is 1.88. The van der Waals surface area contributed by atoms with Crippen LogP contribution in [0, 0.1) is 6.92 Å².